The third-order valence-corrected chi connectivity index (χ3v) is 5.17. The first-order valence-corrected chi connectivity index (χ1v) is 8.19. The molecule has 0 spiro atoms. The summed E-state index contributed by atoms with van der Waals surface area (Å²) < 4.78 is 7.12. The number of furan rings is 1. The van der Waals surface area contributed by atoms with E-state index in [1.165, 1.54) is 17.5 Å². The van der Waals surface area contributed by atoms with Crippen LogP contribution in [0.2, 0.25) is 0 Å². The zero-order valence-corrected chi connectivity index (χ0v) is 12.9. The fourth-order valence-electron chi connectivity index (χ4n) is 2.44. The minimum absolute atomic E-state index is 0.530. The van der Waals surface area contributed by atoms with Gasteiger partial charge in [0.05, 0.1) is 16.8 Å². The Morgan fingerprint density at radius 1 is 1.24 bits per heavy atom. The van der Waals surface area contributed by atoms with Gasteiger partial charge in [0.15, 0.2) is 10.8 Å². The second kappa shape index (κ2) is 4.97. The molecule has 1 N–H and O–H groups in total. The number of hydrogen-bond acceptors (Lipinski definition) is 4. The standard InChI is InChI=1S/C17H18N2OS/c1-17(8-9-17)11-18-10-12-6-7-14(20-12)16-19-13-4-2-3-5-15(13)21-16/h2-7,18H,8-11H2,1H3. The molecule has 2 aromatic heterocycles. The van der Waals surface area contributed by atoms with Crippen molar-refractivity contribution in [3.8, 4) is 10.8 Å². The highest BCUT2D eigenvalue weighted by molar-refractivity contribution is 7.21. The van der Waals surface area contributed by atoms with Crippen LogP contribution in [-0.2, 0) is 6.54 Å². The molecule has 0 bridgehead atoms. The fourth-order valence-corrected chi connectivity index (χ4v) is 3.37. The topological polar surface area (TPSA) is 38.1 Å². The molecule has 1 aliphatic carbocycles. The molecular formula is C17H18N2OS. The molecule has 0 aliphatic heterocycles. The van der Waals surface area contributed by atoms with E-state index in [-0.39, 0.29) is 0 Å². The van der Waals surface area contributed by atoms with Crippen molar-refractivity contribution in [3.63, 3.8) is 0 Å². The minimum Gasteiger partial charge on any atom is -0.457 e. The first-order valence-electron chi connectivity index (χ1n) is 7.37. The molecule has 4 heteroatoms. The second-order valence-corrected chi connectivity index (χ2v) is 7.20. The van der Waals surface area contributed by atoms with E-state index in [1.54, 1.807) is 11.3 Å². The van der Waals surface area contributed by atoms with Crippen molar-refractivity contribution >= 4 is 21.6 Å². The maximum absolute atomic E-state index is 5.92. The molecule has 0 saturated heterocycles. The monoisotopic (exact) mass is 298 g/mol. The van der Waals surface area contributed by atoms with E-state index < -0.39 is 0 Å². The number of hydrogen-bond donors (Lipinski definition) is 1. The summed E-state index contributed by atoms with van der Waals surface area (Å²) in [6.45, 7) is 4.19. The lowest BCUT2D eigenvalue weighted by molar-refractivity contribution is 0.451. The lowest BCUT2D eigenvalue weighted by Crippen LogP contribution is -2.21. The molecule has 0 radical (unpaired) electrons. The van der Waals surface area contributed by atoms with Gasteiger partial charge in [0.1, 0.15) is 5.76 Å². The summed E-state index contributed by atoms with van der Waals surface area (Å²) >= 11 is 1.68. The van der Waals surface area contributed by atoms with Crippen LogP contribution in [0.1, 0.15) is 25.5 Å². The smallest absolute Gasteiger partial charge is 0.163 e. The van der Waals surface area contributed by atoms with Gasteiger partial charge in [-0.2, -0.15) is 0 Å². The Balaban J connectivity index is 1.48. The molecule has 3 aromatic rings. The van der Waals surface area contributed by atoms with Crippen molar-refractivity contribution in [1.82, 2.24) is 10.3 Å². The summed E-state index contributed by atoms with van der Waals surface area (Å²) in [5, 5.41) is 4.44. The molecule has 0 atom stereocenters. The summed E-state index contributed by atoms with van der Waals surface area (Å²) in [4.78, 5) is 4.63. The van der Waals surface area contributed by atoms with E-state index in [2.05, 4.69) is 23.3 Å². The maximum Gasteiger partial charge on any atom is 0.163 e. The van der Waals surface area contributed by atoms with E-state index in [9.17, 15) is 0 Å². The highest BCUT2D eigenvalue weighted by Gasteiger charge is 2.36. The number of nitrogens with one attached hydrogen (secondary N) is 1. The molecular weight excluding hydrogens is 280 g/mol. The van der Waals surface area contributed by atoms with Crippen LogP contribution in [0.3, 0.4) is 0 Å². The van der Waals surface area contributed by atoms with Crippen LogP contribution in [-0.4, -0.2) is 11.5 Å². The lowest BCUT2D eigenvalue weighted by Gasteiger charge is -2.08. The summed E-state index contributed by atoms with van der Waals surface area (Å²) in [6, 6.07) is 12.3. The number of rotatable bonds is 5. The average molecular weight is 298 g/mol. The molecule has 1 saturated carbocycles. The van der Waals surface area contributed by atoms with Gasteiger partial charge in [-0.25, -0.2) is 4.98 Å². The van der Waals surface area contributed by atoms with E-state index in [0.717, 1.165) is 35.1 Å². The highest BCUT2D eigenvalue weighted by atomic mass is 32.1. The van der Waals surface area contributed by atoms with Crippen LogP contribution < -0.4 is 5.32 Å². The zero-order valence-electron chi connectivity index (χ0n) is 12.1. The third kappa shape index (κ3) is 2.74. The Hall–Kier alpha value is -1.65. The Labute approximate surface area is 128 Å². The molecule has 1 fully saturated rings. The van der Waals surface area contributed by atoms with Gasteiger partial charge >= 0.3 is 0 Å². The number of benzene rings is 1. The number of thiazole rings is 1. The fraction of sp³-hybridized carbons (Fsp3) is 0.353. The first-order chi connectivity index (χ1) is 10.2. The Morgan fingerprint density at radius 3 is 2.90 bits per heavy atom. The molecule has 108 valence electrons. The molecule has 1 aliphatic rings. The lowest BCUT2D eigenvalue weighted by atomic mass is 10.1. The predicted octanol–water partition coefficient (Wildman–Crippen LogP) is 4.45. The molecule has 0 unspecified atom stereocenters. The van der Waals surface area contributed by atoms with E-state index in [1.807, 2.05) is 30.3 Å². The summed E-state index contributed by atoms with van der Waals surface area (Å²) in [6.07, 6.45) is 2.68. The number of para-hydroxylation sites is 1. The van der Waals surface area contributed by atoms with E-state index >= 15 is 0 Å². The van der Waals surface area contributed by atoms with Crippen LogP contribution in [0.4, 0.5) is 0 Å². The second-order valence-electron chi connectivity index (χ2n) is 6.17. The van der Waals surface area contributed by atoms with Crippen LogP contribution in [0.5, 0.6) is 0 Å². The molecule has 0 amide bonds. The Bertz CT molecular complexity index is 737. The van der Waals surface area contributed by atoms with E-state index in [4.69, 9.17) is 4.42 Å². The predicted molar refractivity (Wildman–Crippen MR) is 86.4 cm³/mol. The van der Waals surface area contributed by atoms with Gasteiger partial charge in [-0.05, 0) is 42.5 Å². The highest BCUT2D eigenvalue weighted by Crippen LogP contribution is 2.44. The number of aromatic nitrogens is 1. The maximum atomic E-state index is 5.92. The van der Waals surface area contributed by atoms with Crippen molar-refractivity contribution in [2.45, 2.75) is 26.3 Å². The molecule has 4 rings (SSSR count). The summed E-state index contributed by atoms with van der Waals surface area (Å²) in [5.74, 6) is 1.85. The summed E-state index contributed by atoms with van der Waals surface area (Å²) in [7, 11) is 0. The Morgan fingerprint density at radius 2 is 2.10 bits per heavy atom. The van der Waals surface area contributed by atoms with Crippen molar-refractivity contribution < 1.29 is 4.42 Å². The van der Waals surface area contributed by atoms with Crippen molar-refractivity contribution in [2.75, 3.05) is 6.54 Å². The molecule has 2 heterocycles. The van der Waals surface area contributed by atoms with Gasteiger partial charge in [-0.3, -0.25) is 0 Å². The normalized spacial score (nSPS) is 16.4. The first kappa shape index (κ1) is 13.0. The minimum atomic E-state index is 0.530. The largest absolute Gasteiger partial charge is 0.457 e. The van der Waals surface area contributed by atoms with Crippen LogP contribution in [0, 0.1) is 5.41 Å². The van der Waals surface area contributed by atoms with Crippen LogP contribution in [0.25, 0.3) is 21.0 Å². The average Bonchev–Trinajstić information content (AvgIpc) is 2.94. The SMILES string of the molecule is CC1(CNCc2ccc(-c3nc4ccccc4s3)o2)CC1. The summed E-state index contributed by atoms with van der Waals surface area (Å²) in [5.41, 5.74) is 1.57. The van der Waals surface area contributed by atoms with Crippen molar-refractivity contribution in [1.29, 1.82) is 0 Å². The third-order valence-electron chi connectivity index (χ3n) is 4.12. The van der Waals surface area contributed by atoms with Gasteiger partial charge in [-0.1, -0.05) is 19.1 Å². The van der Waals surface area contributed by atoms with Crippen molar-refractivity contribution in [3.05, 3.63) is 42.2 Å². The van der Waals surface area contributed by atoms with Gasteiger partial charge in [0.2, 0.25) is 0 Å². The number of fused-ring (bicyclic) bond motifs is 1. The van der Waals surface area contributed by atoms with Crippen molar-refractivity contribution in [2.24, 2.45) is 5.41 Å². The van der Waals surface area contributed by atoms with E-state index in [0.29, 0.717) is 5.41 Å². The van der Waals surface area contributed by atoms with Gasteiger partial charge in [0, 0.05) is 6.54 Å². The zero-order chi connectivity index (χ0) is 14.3. The molecule has 21 heavy (non-hydrogen) atoms. The number of nitrogens with zero attached hydrogens (tertiary/aromatic N) is 1. The van der Waals surface area contributed by atoms with Gasteiger partial charge in [-0.15, -0.1) is 11.3 Å². The van der Waals surface area contributed by atoms with Gasteiger partial charge < -0.3 is 9.73 Å². The van der Waals surface area contributed by atoms with Crippen LogP contribution >= 0.6 is 11.3 Å². The molecule has 3 nitrogen and oxygen atoms in total. The molecule has 1 aromatic carbocycles. The quantitative estimate of drug-likeness (QED) is 0.756. The van der Waals surface area contributed by atoms with Gasteiger partial charge in [0.25, 0.3) is 0 Å². The van der Waals surface area contributed by atoms with Crippen LogP contribution in [0.15, 0.2) is 40.8 Å². The Kier molecular flexibility index (Phi) is 3.08.